The van der Waals surface area contributed by atoms with Crippen LogP contribution in [0.1, 0.15) is 48.0 Å². The number of aliphatic hydroxyl groups excluding tert-OH is 1. The Bertz CT molecular complexity index is 1240. The number of anilines is 1. The van der Waals surface area contributed by atoms with E-state index < -0.39 is 41.2 Å². The molecule has 41 heavy (non-hydrogen) atoms. The van der Waals surface area contributed by atoms with Crippen LogP contribution in [0, 0.1) is 17.8 Å². The smallest absolute Gasteiger partial charge is 0.249 e. The van der Waals surface area contributed by atoms with E-state index >= 15 is 0 Å². The minimum atomic E-state index is -1.33. The van der Waals surface area contributed by atoms with Crippen LogP contribution >= 0.6 is 0 Å². The van der Waals surface area contributed by atoms with Gasteiger partial charge in [0.15, 0.2) is 0 Å². The van der Waals surface area contributed by atoms with Gasteiger partial charge < -0.3 is 29.3 Å². The highest BCUT2D eigenvalue weighted by Crippen LogP contribution is 2.54. The third-order valence-electron chi connectivity index (χ3n) is 9.21. The van der Waals surface area contributed by atoms with Gasteiger partial charge in [-0.15, -0.1) is 0 Å². The van der Waals surface area contributed by atoms with Crippen LogP contribution in [0.5, 0.6) is 5.75 Å². The number of amides is 3. The maximum Gasteiger partial charge on any atom is 0.249 e. The third-order valence-corrected chi connectivity index (χ3v) is 9.21. The Labute approximate surface area is 242 Å². The van der Waals surface area contributed by atoms with E-state index in [0.717, 1.165) is 0 Å². The largest absolute Gasteiger partial charge is 0.494 e. The quantitative estimate of drug-likeness (QED) is 0.510. The molecule has 1 unspecified atom stereocenters. The topological polar surface area (TPSA) is 99.6 Å². The van der Waals surface area contributed by atoms with Gasteiger partial charge in [0.05, 0.1) is 37.2 Å². The van der Waals surface area contributed by atoms with Gasteiger partial charge in [-0.3, -0.25) is 14.4 Å². The van der Waals surface area contributed by atoms with Crippen molar-refractivity contribution in [3.05, 3.63) is 48.6 Å². The van der Waals surface area contributed by atoms with Crippen LogP contribution in [0.4, 0.5) is 5.69 Å². The summed E-state index contributed by atoms with van der Waals surface area (Å²) in [6, 6.07) is 5.77. The Hall–Kier alpha value is -3.17. The summed E-state index contributed by atoms with van der Waals surface area (Å²) >= 11 is 0. The molecule has 4 heterocycles. The molecule has 0 aromatic heterocycles. The number of likely N-dealkylation sites (tertiary alicyclic amines) is 1. The summed E-state index contributed by atoms with van der Waals surface area (Å²) < 4.78 is 12.3. The molecule has 0 saturated carbocycles. The van der Waals surface area contributed by atoms with E-state index in [1.165, 1.54) is 0 Å². The van der Waals surface area contributed by atoms with E-state index in [1.807, 2.05) is 90.1 Å². The second kappa shape index (κ2) is 10.9. The van der Waals surface area contributed by atoms with E-state index in [4.69, 9.17) is 9.47 Å². The molecule has 7 atom stereocenters. The molecule has 2 fully saturated rings. The minimum Gasteiger partial charge on any atom is -0.494 e. The molecule has 9 nitrogen and oxygen atoms in total. The normalized spacial score (nSPS) is 31.0. The lowest BCUT2D eigenvalue weighted by Crippen LogP contribution is -2.61. The molecule has 0 bridgehead atoms. The molecular formula is C32H43N3O6. The Kier molecular flexibility index (Phi) is 7.80. The highest BCUT2D eigenvalue weighted by molar-refractivity contribution is 6.04. The van der Waals surface area contributed by atoms with Gasteiger partial charge in [-0.05, 0) is 57.9 Å². The average molecular weight is 566 g/mol. The molecule has 1 aromatic carbocycles. The van der Waals surface area contributed by atoms with Crippen LogP contribution in [0.2, 0.25) is 0 Å². The monoisotopic (exact) mass is 565 g/mol. The Balaban J connectivity index is 1.61. The van der Waals surface area contributed by atoms with Crippen LogP contribution < -0.4 is 9.64 Å². The summed E-state index contributed by atoms with van der Waals surface area (Å²) in [6.45, 7) is 12.7. The van der Waals surface area contributed by atoms with Crippen molar-refractivity contribution in [3.63, 3.8) is 0 Å². The van der Waals surface area contributed by atoms with E-state index in [0.29, 0.717) is 37.6 Å². The summed E-state index contributed by atoms with van der Waals surface area (Å²) in [5.74, 6) is -1.84. The summed E-state index contributed by atoms with van der Waals surface area (Å²) in [6.07, 6.45) is 7.56. The highest BCUT2D eigenvalue weighted by Gasteiger charge is 2.73. The van der Waals surface area contributed by atoms with E-state index in [2.05, 4.69) is 0 Å². The fraction of sp³-hybridized carbons (Fsp3) is 0.594. The lowest BCUT2D eigenvalue weighted by Gasteiger charge is -2.43. The molecule has 9 heteroatoms. The molecule has 1 aromatic rings. The molecule has 4 aliphatic rings. The third kappa shape index (κ3) is 4.67. The van der Waals surface area contributed by atoms with Gasteiger partial charge in [-0.25, -0.2) is 0 Å². The second-order valence-corrected chi connectivity index (χ2v) is 12.5. The standard InChI is InChI=1S/C32H43N3O6/c1-7-20(3)23(19-36)35-27-30(39)34(31(4,5)6)18-10-16-32(27)26(29(35)38)25-24(41-32)11-9-17-33(28(25)37)21-12-14-22(15-13-21)40-8-2/h9-16,20,23-27,36H,7-8,17-19H2,1-6H3/t20-,23-,24-,25+,26-,27?,32-/m0/s1. The van der Waals surface area contributed by atoms with Crippen molar-refractivity contribution in [3.8, 4) is 5.75 Å². The van der Waals surface area contributed by atoms with Crippen LogP contribution in [-0.2, 0) is 19.1 Å². The summed E-state index contributed by atoms with van der Waals surface area (Å²) in [5, 5.41) is 10.5. The lowest BCUT2D eigenvalue weighted by atomic mass is 9.77. The molecule has 0 aliphatic carbocycles. The number of fused-ring (bicyclic) bond motifs is 2. The first-order valence-corrected chi connectivity index (χ1v) is 14.8. The first kappa shape index (κ1) is 29.3. The molecular weight excluding hydrogens is 522 g/mol. The molecule has 1 spiro atoms. The number of benzene rings is 1. The van der Waals surface area contributed by atoms with Gasteiger partial charge in [-0.1, -0.05) is 44.6 Å². The Morgan fingerprint density at radius 3 is 2.37 bits per heavy atom. The Morgan fingerprint density at radius 2 is 1.76 bits per heavy atom. The van der Waals surface area contributed by atoms with Crippen molar-refractivity contribution in [1.82, 2.24) is 9.80 Å². The number of rotatable bonds is 7. The fourth-order valence-electron chi connectivity index (χ4n) is 6.97. The zero-order chi connectivity index (χ0) is 29.7. The van der Waals surface area contributed by atoms with Gasteiger partial charge in [0.2, 0.25) is 17.7 Å². The van der Waals surface area contributed by atoms with Crippen LogP contribution in [0.3, 0.4) is 0 Å². The van der Waals surface area contributed by atoms with Crippen LogP contribution in [0.15, 0.2) is 48.6 Å². The van der Waals surface area contributed by atoms with Gasteiger partial charge in [0.1, 0.15) is 17.4 Å². The molecule has 2 saturated heterocycles. The number of nitrogens with zero attached hydrogens (tertiary/aromatic N) is 3. The predicted octanol–water partition coefficient (Wildman–Crippen LogP) is 3.17. The highest BCUT2D eigenvalue weighted by atomic mass is 16.5. The molecule has 4 aliphatic heterocycles. The number of carbonyl (C=O) groups is 3. The van der Waals surface area contributed by atoms with E-state index in [1.54, 1.807) is 14.7 Å². The van der Waals surface area contributed by atoms with Crippen molar-refractivity contribution in [1.29, 1.82) is 0 Å². The molecule has 1 N–H and O–H groups in total. The molecule has 0 radical (unpaired) electrons. The van der Waals surface area contributed by atoms with Gasteiger partial charge >= 0.3 is 0 Å². The average Bonchev–Trinajstić information content (AvgIpc) is 3.24. The van der Waals surface area contributed by atoms with Crippen molar-refractivity contribution in [2.45, 2.75) is 77.3 Å². The number of carbonyl (C=O) groups excluding carboxylic acids is 3. The SMILES string of the molecule is CCOc1ccc(N2CC=C[C@@H]3O[C@]45C=CCN(C(C)(C)C)C(=O)C4N([C@@H](CO)[C@@H](C)CC)C(=O)[C@@H]5[C@@H]3C2=O)cc1. The zero-order valence-electron chi connectivity index (χ0n) is 24.9. The maximum atomic E-state index is 14.6. The van der Waals surface area contributed by atoms with Crippen LogP contribution in [-0.4, -0.2) is 88.3 Å². The van der Waals surface area contributed by atoms with E-state index in [9.17, 15) is 19.5 Å². The lowest BCUT2D eigenvalue weighted by molar-refractivity contribution is -0.154. The van der Waals surface area contributed by atoms with Crippen LogP contribution in [0.25, 0.3) is 0 Å². The van der Waals surface area contributed by atoms with Gasteiger partial charge in [0, 0.05) is 24.3 Å². The number of ether oxygens (including phenoxy) is 2. The minimum absolute atomic E-state index is 0.0659. The number of hydrogen-bond donors (Lipinski definition) is 1. The first-order chi connectivity index (χ1) is 19.5. The van der Waals surface area contributed by atoms with Crippen molar-refractivity contribution in [2.24, 2.45) is 17.8 Å². The predicted molar refractivity (Wildman–Crippen MR) is 155 cm³/mol. The second-order valence-electron chi connectivity index (χ2n) is 12.5. The van der Waals surface area contributed by atoms with Crippen molar-refractivity contribution in [2.75, 3.05) is 31.2 Å². The summed E-state index contributed by atoms with van der Waals surface area (Å²) in [7, 11) is 0. The van der Waals surface area contributed by atoms with Crippen molar-refractivity contribution < 1.29 is 29.0 Å². The van der Waals surface area contributed by atoms with Crippen molar-refractivity contribution >= 4 is 23.4 Å². The summed E-state index contributed by atoms with van der Waals surface area (Å²) in [5.41, 5.74) is -1.14. The number of aliphatic hydroxyl groups is 1. The molecule has 222 valence electrons. The fourth-order valence-corrected chi connectivity index (χ4v) is 6.97. The number of hydrogen-bond acceptors (Lipinski definition) is 6. The maximum absolute atomic E-state index is 14.6. The molecule has 5 rings (SSSR count). The summed E-state index contributed by atoms with van der Waals surface area (Å²) in [4.78, 5) is 48.4. The first-order valence-electron chi connectivity index (χ1n) is 14.8. The Morgan fingerprint density at radius 1 is 1.05 bits per heavy atom. The molecule has 3 amide bonds. The van der Waals surface area contributed by atoms with E-state index in [-0.39, 0.29) is 30.2 Å². The van der Waals surface area contributed by atoms with Gasteiger partial charge in [-0.2, -0.15) is 0 Å². The zero-order valence-corrected chi connectivity index (χ0v) is 24.9. The van der Waals surface area contributed by atoms with Gasteiger partial charge in [0.25, 0.3) is 0 Å².